The lowest BCUT2D eigenvalue weighted by Gasteiger charge is -2.14. The van der Waals surface area contributed by atoms with Crippen molar-refractivity contribution in [2.75, 3.05) is 11.9 Å². The van der Waals surface area contributed by atoms with Crippen LogP contribution in [0.3, 0.4) is 0 Å². The number of ether oxygens (including phenoxy) is 1. The molecule has 0 aliphatic rings. The zero-order chi connectivity index (χ0) is 20.1. The molecule has 3 aromatic carbocycles. The first-order chi connectivity index (χ1) is 13.3. The van der Waals surface area contributed by atoms with E-state index < -0.39 is 24.3 Å². The Kier molecular flexibility index (Phi) is 5.68. The average molecular weight is 385 g/mol. The number of para-hydroxylation sites is 1. The maximum absolute atomic E-state index is 13.0. The van der Waals surface area contributed by atoms with Crippen molar-refractivity contribution < 1.29 is 22.7 Å². The largest absolute Gasteiger partial charge is 0.484 e. The van der Waals surface area contributed by atoms with Crippen LogP contribution in [0.1, 0.15) is 11.1 Å². The van der Waals surface area contributed by atoms with Gasteiger partial charge < -0.3 is 10.1 Å². The van der Waals surface area contributed by atoms with E-state index in [4.69, 9.17) is 4.74 Å². The summed E-state index contributed by atoms with van der Waals surface area (Å²) in [5.41, 5.74) is 2.03. The third kappa shape index (κ3) is 4.91. The number of nitrogens with one attached hydrogen (secondary N) is 1. The van der Waals surface area contributed by atoms with Gasteiger partial charge in [-0.05, 0) is 42.3 Å². The van der Waals surface area contributed by atoms with Crippen LogP contribution in [-0.4, -0.2) is 12.5 Å². The van der Waals surface area contributed by atoms with Gasteiger partial charge in [-0.25, -0.2) is 0 Å². The van der Waals surface area contributed by atoms with Gasteiger partial charge in [-0.2, -0.15) is 13.2 Å². The number of hydrogen-bond donors (Lipinski definition) is 1. The molecule has 0 heterocycles. The van der Waals surface area contributed by atoms with E-state index >= 15 is 0 Å². The molecule has 0 spiro atoms. The lowest BCUT2D eigenvalue weighted by atomic mass is 10.0. The first-order valence-corrected chi connectivity index (χ1v) is 8.59. The second kappa shape index (κ2) is 8.17. The summed E-state index contributed by atoms with van der Waals surface area (Å²) in [6, 6.07) is 20.0. The van der Waals surface area contributed by atoms with Gasteiger partial charge in [0.2, 0.25) is 0 Å². The molecule has 0 bridgehead atoms. The van der Waals surface area contributed by atoms with Crippen LogP contribution in [0.5, 0.6) is 5.75 Å². The van der Waals surface area contributed by atoms with Gasteiger partial charge in [-0.3, -0.25) is 4.79 Å². The van der Waals surface area contributed by atoms with Gasteiger partial charge >= 0.3 is 6.18 Å². The minimum atomic E-state index is -4.55. The second-order valence-corrected chi connectivity index (χ2v) is 6.27. The van der Waals surface area contributed by atoms with Crippen LogP contribution < -0.4 is 10.1 Å². The summed E-state index contributed by atoms with van der Waals surface area (Å²) in [6.45, 7) is 1.62. The van der Waals surface area contributed by atoms with Crippen LogP contribution in [0.4, 0.5) is 18.9 Å². The molecule has 0 radical (unpaired) electrons. The monoisotopic (exact) mass is 385 g/mol. The molecular weight excluding hydrogens is 367 g/mol. The normalized spacial score (nSPS) is 11.1. The molecule has 0 saturated heterocycles. The highest BCUT2D eigenvalue weighted by Crippen LogP contribution is 2.34. The number of hydrogen-bond acceptors (Lipinski definition) is 2. The number of aryl methyl sites for hydroxylation is 1. The molecule has 3 nitrogen and oxygen atoms in total. The number of rotatable bonds is 5. The predicted octanol–water partition coefficient (Wildman–Crippen LogP) is 5.70. The fourth-order valence-corrected chi connectivity index (χ4v) is 2.66. The van der Waals surface area contributed by atoms with Crippen LogP contribution in [0.2, 0.25) is 0 Å². The van der Waals surface area contributed by atoms with E-state index in [0.717, 1.165) is 17.2 Å². The molecule has 0 fully saturated rings. The molecule has 0 unspecified atom stereocenters. The molecule has 1 N–H and O–H groups in total. The third-order valence-electron chi connectivity index (χ3n) is 4.12. The van der Waals surface area contributed by atoms with Crippen molar-refractivity contribution in [2.24, 2.45) is 0 Å². The Morgan fingerprint density at radius 3 is 2.07 bits per heavy atom. The van der Waals surface area contributed by atoms with Crippen LogP contribution in [0.25, 0.3) is 11.1 Å². The highest BCUT2D eigenvalue weighted by Gasteiger charge is 2.33. The Bertz CT molecular complexity index is 949. The Balaban J connectivity index is 1.60. The number of carbonyl (C=O) groups is 1. The van der Waals surface area contributed by atoms with Crippen LogP contribution in [0, 0.1) is 6.92 Å². The minimum absolute atomic E-state index is 0.293. The summed E-state index contributed by atoms with van der Waals surface area (Å²) in [5, 5.41) is 2.25. The maximum Gasteiger partial charge on any atom is 0.418 e. The average Bonchev–Trinajstić information content (AvgIpc) is 2.67. The van der Waals surface area contributed by atoms with Crippen molar-refractivity contribution in [2.45, 2.75) is 13.1 Å². The Morgan fingerprint density at radius 1 is 0.893 bits per heavy atom. The molecule has 0 aliphatic heterocycles. The molecule has 0 atom stereocenters. The highest BCUT2D eigenvalue weighted by molar-refractivity contribution is 5.92. The number of amides is 1. The molecule has 0 aliphatic carbocycles. The summed E-state index contributed by atoms with van der Waals surface area (Å²) in [7, 11) is 0. The highest BCUT2D eigenvalue weighted by atomic mass is 19.4. The number of alkyl halides is 3. The quantitative estimate of drug-likeness (QED) is 0.612. The number of carbonyl (C=O) groups excluding carboxylic acids is 1. The number of anilines is 1. The standard InChI is InChI=1S/C22H18F3NO2/c1-15-6-8-16(9-7-15)17-10-12-18(13-11-17)28-14-21(27)26-20-5-3-2-4-19(20)22(23,24)25/h2-13H,14H2,1H3,(H,26,27). The second-order valence-electron chi connectivity index (χ2n) is 6.27. The molecule has 144 valence electrons. The molecule has 0 saturated carbocycles. The fourth-order valence-electron chi connectivity index (χ4n) is 2.66. The van der Waals surface area contributed by atoms with Crippen molar-refractivity contribution in [3.05, 3.63) is 83.9 Å². The molecule has 3 aromatic rings. The van der Waals surface area contributed by atoms with Gasteiger partial charge in [0.1, 0.15) is 5.75 Å². The maximum atomic E-state index is 13.0. The van der Waals surface area contributed by atoms with Gasteiger partial charge in [0, 0.05) is 0 Å². The summed E-state index contributed by atoms with van der Waals surface area (Å²) in [6.07, 6.45) is -4.55. The molecule has 28 heavy (non-hydrogen) atoms. The number of halogens is 3. The zero-order valence-corrected chi connectivity index (χ0v) is 15.1. The zero-order valence-electron chi connectivity index (χ0n) is 15.1. The lowest BCUT2D eigenvalue weighted by molar-refractivity contribution is -0.137. The van der Waals surface area contributed by atoms with Gasteiger partial charge in [-0.1, -0.05) is 54.1 Å². The van der Waals surface area contributed by atoms with E-state index in [-0.39, 0.29) is 5.69 Å². The van der Waals surface area contributed by atoms with Crippen LogP contribution >= 0.6 is 0 Å². The Morgan fingerprint density at radius 2 is 1.46 bits per heavy atom. The van der Waals surface area contributed by atoms with E-state index in [1.807, 2.05) is 43.3 Å². The summed E-state index contributed by atoms with van der Waals surface area (Å²) in [4.78, 5) is 12.0. The first kappa shape index (κ1) is 19.5. The molecule has 0 aromatic heterocycles. The van der Waals surface area contributed by atoms with Crippen molar-refractivity contribution >= 4 is 11.6 Å². The smallest absolute Gasteiger partial charge is 0.418 e. The van der Waals surface area contributed by atoms with Gasteiger partial charge in [-0.15, -0.1) is 0 Å². The molecule has 6 heteroatoms. The molecule has 1 amide bonds. The van der Waals surface area contributed by atoms with Crippen molar-refractivity contribution in [1.82, 2.24) is 0 Å². The van der Waals surface area contributed by atoms with Gasteiger partial charge in [0.25, 0.3) is 5.91 Å². The predicted molar refractivity (Wildman–Crippen MR) is 102 cm³/mol. The van der Waals surface area contributed by atoms with E-state index in [9.17, 15) is 18.0 Å². The van der Waals surface area contributed by atoms with Crippen molar-refractivity contribution in [1.29, 1.82) is 0 Å². The molecule has 3 rings (SSSR count). The van der Waals surface area contributed by atoms with Crippen LogP contribution in [0.15, 0.2) is 72.8 Å². The Hall–Kier alpha value is -3.28. The number of benzene rings is 3. The van der Waals surface area contributed by atoms with E-state index in [0.29, 0.717) is 5.75 Å². The van der Waals surface area contributed by atoms with Gasteiger partial charge in [0.05, 0.1) is 11.3 Å². The van der Waals surface area contributed by atoms with E-state index in [1.54, 1.807) is 12.1 Å². The summed E-state index contributed by atoms with van der Waals surface area (Å²) >= 11 is 0. The van der Waals surface area contributed by atoms with Gasteiger partial charge in [0.15, 0.2) is 6.61 Å². The SMILES string of the molecule is Cc1ccc(-c2ccc(OCC(=O)Nc3ccccc3C(F)(F)F)cc2)cc1. The topological polar surface area (TPSA) is 38.3 Å². The summed E-state index contributed by atoms with van der Waals surface area (Å²) in [5.74, 6) is -0.213. The first-order valence-electron chi connectivity index (χ1n) is 8.59. The van der Waals surface area contributed by atoms with Crippen molar-refractivity contribution in [3.8, 4) is 16.9 Å². The van der Waals surface area contributed by atoms with Crippen LogP contribution in [-0.2, 0) is 11.0 Å². The summed E-state index contributed by atoms with van der Waals surface area (Å²) < 4.78 is 44.3. The Labute approximate surface area is 160 Å². The minimum Gasteiger partial charge on any atom is -0.484 e. The molecular formula is C22H18F3NO2. The van der Waals surface area contributed by atoms with E-state index in [1.165, 1.54) is 23.8 Å². The van der Waals surface area contributed by atoms with Crippen molar-refractivity contribution in [3.63, 3.8) is 0 Å². The third-order valence-corrected chi connectivity index (χ3v) is 4.12. The fraction of sp³-hybridized carbons (Fsp3) is 0.136. The van der Waals surface area contributed by atoms with E-state index in [2.05, 4.69) is 5.32 Å². The lowest BCUT2D eigenvalue weighted by Crippen LogP contribution is -2.22.